The van der Waals surface area contributed by atoms with E-state index in [2.05, 4.69) is 33.3 Å². The molecule has 0 saturated carbocycles. The summed E-state index contributed by atoms with van der Waals surface area (Å²) in [6.45, 7) is 2.04. The summed E-state index contributed by atoms with van der Waals surface area (Å²) in [7, 11) is 0. The minimum Gasteiger partial charge on any atom is -0.271 e. The van der Waals surface area contributed by atoms with Crippen molar-refractivity contribution in [2.24, 2.45) is 5.84 Å². The van der Waals surface area contributed by atoms with E-state index in [0.717, 1.165) is 17.5 Å². The molecule has 3 N–H and O–H groups in total. The zero-order chi connectivity index (χ0) is 11.4. The number of nitrogens with two attached hydrogens (primary N) is 1. The molecule has 1 unspecified atom stereocenters. The Morgan fingerprint density at radius 3 is 3.00 bits per heavy atom. The van der Waals surface area contributed by atoms with Crippen LogP contribution < -0.4 is 11.3 Å². The van der Waals surface area contributed by atoms with Crippen molar-refractivity contribution in [3.05, 3.63) is 52.0 Å². The Labute approximate surface area is 99.3 Å². The van der Waals surface area contributed by atoms with Crippen LogP contribution in [0.1, 0.15) is 22.7 Å². The fraction of sp³-hybridized carbons (Fsp3) is 0.250. The SMILES string of the molecule is Cc1cncc(C(Cc2ccsc2)NN)c1. The molecule has 84 valence electrons. The Balaban J connectivity index is 2.16. The van der Waals surface area contributed by atoms with E-state index in [9.17, 15) is 0 Å². The van der Waals surface area contributed by atoms with Gasteiger partial charge in [0.15, 0.2) is 0 Å². The lowest BCUT2D eigenvalue weighted by Gasteiger charge is -2.15. The third kappa shape index (κ3) is 2.66. The Hall–Kier alpha value is -1.23. The third-order valence-electron chi connectivity index (χ3n) is 2.52. The van der Waals surface area contributed by atoms with Gasteiger partial charge in [-0.1, -0.05) is 6.07 Å². The quantitative estimate of drug-likeness (QED) is 0.629. The summed E-state index contributed by atoms with van der Waals surface area (Å²) < 4.78 is 0. The van der Waals surface area contributed by atoms with Crippen LogP contribution in [0.25, 0.3) is 0 Å². The number of hydrogen-bond donors (Lipinski definition) is 2. The first-order chi connectivity index (χ1) is 7.79. The summed E-state index contributed by atoms with van der Waals surface area (Å²) in [5, 5.41) is 4.23. The molecule has 0 amide bonds. The lowest BCUT2D eigenvalue weighted by molar-refractivity contribution is 0.550. The molecule has 1 atom stereocenters. The predicted octanol–water partition coefficient (Wildman–Crippen LogP) is 2.20. The van der Waals surface area contributed by atoms with E-state index in [0.29, 0.717) is 0 Å². The maximum atomic E-state index is 5.60. The second-order valence-corrected chi connectivity index (χ2v) is 4.63. The van der Waals surface area contributed by atoms with E-state index in [1.807, 2.05) is 19.3 Å². The van der Waals surface area contributed by atoms with Crippen LogP contribution in [-0.2, 0) is 6.42 Å². The molecule has 0 radical (unpaired) electrons. The first-order valence-corrected chi connectivity index (χ1v) is 6.12. The van der Waals surface area contributed by atoms with Gasteiger partial charge in [0, 0.05) is 12.4 Å². The van der Waals surface area contributed by atoms with Crippen molar-refractivity contribution in [3.8, 4) is 0 Å². The van der Waals surface area contributed by atoms with E-state index >= 15 is 0 Å². The first kappa shape index (κ1) is 11.3. The molecule has 4 heteroatoms. The summed E-state index contributed by atoms with van der Waals surface area (Å²) >= 11 is 1.71. The second-order valence-electron chi connectivity index (χ2n) is 3.85. The molecule has 0 bridgehead atoms. The van der Waals surface area contributed by atoms with Gasteiger partial charge < -0.3 is 0 Å². The van der Waals surface area contributed by atoms with Gasteiger partial charge in [-0.2, -0.15) is 11.3 Å². The molecule has 0 spiro atoms. The van der Waals surface area contributed by atoms with Crippen molar-refractivity contribution >= 4 is 11.3 Å². The van der Waals surface area contributed by atoms with Crippen LogP contribution in [0, 0.1) is 6.92 Å². The Morgan fingerprint density at radius 1 is 1.50 bits per heavy atom. The van der Waals surface area contributed by atoms with Gasteiger partial charge in [-0.05, 0) is 46.9 Å². The summed E-state index contributed by atoms with van der Waals surface area (Å²) in [4.78, 5) is 4.19. The lowest BCUT2D eigenvalue weighted by atomic mass is 10.0. The number of aromatic nitrogens is 1. The molecule has 16 heavy (non-hydrogen) atoms. The van der Waals surface area contributed by atoms with E-state index in [1.54, 1.807) is 11.3 Å². The molecule has 0 aliphatic heterocycles. The summed E-state index contributed by atoms with van der Waals surface area (Å²) in [5.41, 5.74) is 6.44. The van der Waals surface area contributed by atoms with Crippen LogP contribution in [-0.4, -0.2) is 4.98 Å². The Bertz CT molecular complexity index is 439. The predicted molar refractivity (Wildman–Crippen MR) is 67.1 cm³/mol. The minimum absolute atomic E-state index is 0.127. The van der Waals surface area contributed by atoms with Crippen LogP contribution >= 0.6 is 11.3 Å². The van der Waals surface area contributed by atoms with Crippen LogP contribution in [0.4, 0.5) is 0 Å². The smallest absolute Gasteiger partial charge is 0.0515 e. The molecule has 0 aromatic carbocycles. The van der Waals surface area contributed by atoms with E-state index < -0.39 is 0 Å². The van der Waals surface area contributed by atoms with Gasteiger partial charge >= 0.3 is 0 Å². The number of nitrogens with one attached hydrogen (secondary N) is 1. The van der Waals surface area contributed by atoms with Gasteiger partial charge in [-0.15, -0.1) is 0 Å². The summed E-state index contributed by atoms with van der Waals surface area (Å²) in [6.07, 6.45) is 4.61. The standard InChI is InChI=1S/C12H15N3S/c1-9-4-11(7-14-6-9)12(15-13)5-10-2-3-16-8-10/h2-4,6-8,12,15H,5,13H2,1H3. The van der Waals surface area contributed by atoms with Crippen molar-refractivity contribution in [2.45, 2.75) is 19.4 Å². The first-order valence-electron chi connectivity index (χ1n) is 5.18. The largest absolute Gasteiger partial charge is 0.271 e. The van der Waals surface area contributed by atoms with E-state index in [-0.39, 0.29) is 6.04 Å². The Morgan fingerprint density at radius 2 is 2.38 bits per heavy atom. The van der Waals surface area contributed by atoms with Crippen molar-refractivity contribution < 1.29 is 0 Å². The van der Waals surface area contributed by atoms with Crippen molar-refractivity contribution in [2.75, 3.05) is 0 Å². The van der Waals surface area contributed by atoms with Crippen LogP contribution in [0.3, 0.4) is 0 Å². The van der Waals surface area contributed by atoms with Gasteiger partial charge in [0.25, 0.3) is 0 Å². The van der Waals surface area contributed by atoms with E-state index in [1.165, 1.54) is 5.56 Å². The van der Waals surface area contributed by atoms with Crippen LogP contribution in [0.5, 0.6) is 0 Å². The molecule has 3 nitrogen and oxygen atoms in total. The number of nitrogens with zero attached hydrogens (tertiary/aromatic N) is 1. The van der Waals surface area contributed by atoms with Crippen molar-refractivity contribution in [1.29, 1.82) is 0 Å². The molecular formula is C12H15N3S. The van der Waals surface area contributed by atoms with Gasteiger partial charge in [0.05, 0.1) is 6.04 Å². The van der Waals surface area contributed by atoms with Gasteiger partial charge in [0.1, 0.15) is 0 Å². The highest BCUT2D eigenvalue weighted by atomic mass is 32.1. The summed E-state index contributed by atoms with van der Waals surface area (Å²) in [5.74, 6) is 5.60. The van der Waals surface area contributed by atoms with Crippen molar-refractivity contribution in [1.82, 2.24) is 10.4 Å². The number of aryl methyl sites for hydroxylation is 1. The maximum Gasteiger partial charge on any atom is 0.0515 e. The molecule has 0 aliphatic carbocycles. The fourth-order valence-electron chi connectivity index (χ4n) is 1.69. The molecule has 2 rings (SSSR count). The minimum atomic E-state index is 0.127. The van der Waals surface area contributed by atoms with Gasteiger partial charge in [-0.3, -0.25) is 16.3 Å². The number of thiophene rings is 1. The average Bonchev–Trinajstić information content (AvgIpc) is 2.78. The van der Waals surface area contributed by atoms with Crippen molar-refractivity contribution in [3.63, 3.8) is 0 Å². The highest BCUT2D eigenvalue weighted by Gasteiger charge is 2.11. The molecule has 0 fully saturated rings. The molecule has 2 aromatic heterocycles. The van der Waals surface area contributed by atoms with Crippen LogP contribution in [0.15, 0.2) is 35.3 Å². The zero-order valence-corrected chi connectivity index (χ0v) is 10.00. The highest BCUT2D eigenvalue weighted by molar-refractivity contribution is 7.07. The number of pyridine rings is 1. The number of hydrogen-bond acceptors (Lipinski definition) is 4. The van der Waals surface area contributed by atoms with Gasteiger partial charge in [-0.25, -0.2) is 0 Å². The van der Waals surface area contributed by atoms with E-state index in [4.69, 9.17) is 5.84 Å². The molecule has 0 aliphatic rings. The zero-order valence-electron chi connectivity index (χ0n) is 9.18. The number of hydrazine groups is 1. The normalized spacial score (nSPS) is 12.6. The Kier molecular flexibility index (Phi) is 3.66. The molecular weight excluding hydrogens is 218 g/mol. The maximum absolute atomic E-state index is 5.60. The highest BCUT2D eigenvalue weighted by Crippen LogP contribution is 2.19. The number of rotatable bonds is 4. The topological polar surface area (TPSA) is 50.9 Å². The average molecular weight is 233 g/mol. The summed E-state index contributed by atoms with van der Waals surface area (Å²) in [6, 6.07) is 4.37. The molecule has 2 aromatic rings. The third-order valence-corrected chi connectivity index (χ3v) is 3.25. The lowest BCUT2D eigenvalue weighted by Crippen LogP contribution is -2.29. The van der Waals surface area contributed by atoms with Crippen LogP contribution in [0.2, 0.25) is 0 Å². The van der Waals surface area contributed by atoms with Gasteiger partial charge in [0.2, 0.25) is 0 Å². The second kappa shape index (κ2) is 5.21. The molecule has 0 saturated heterocycles. The molecule has 2 heterocycles. The monoisotopic (exact) mass is 233 g/mol. The fourth-order valence-corrected chi connectivity index (χ4v) is 2.37.